The number of ether oxygens (including phenoxy) is 1. The Morgan fingerprint density at radius 3 is 2.42 bits per heavy atom. The third-order valence-corrected chi connectivity index (χ3v) is 11.1. The molecule has 1 unspecified atom stereocenters. The molecule has 260 valence electrons. The molecule has 1 spiro atoms. The van der Waals surface area contributed by atoms with Gasteiger partial charge in [0.2, 0.25) is 28.0 Å². The Bertz CT molecular complexity index is 1770. The van der Waals surface area contributed by atoms with Crippen molar-refractivity contribution >= 4 is 27.8 Å². The summed E-state index contributed by atoms with van der Waals surface area (Å²) < 4.78 is 77.0. The lowest BCUT2D eigenvalue weighted by molar-refractivity contribution is -0.198. The second-order valence-corrected chi connectivity index (χ2v) is 15.1. The van der Waals surface area contributed by atoms with E-state index in [2.05, 4.69) is 20.4 Å². The SMILES string of the molecule is Cc1ccn(-c2cc(C3CCN(S(C)(=O)=O)CC3)ccc2C(Oc2cc(N3CCC4(CC3)CN[C@H](C(=O)O)C4)nc(N)n2)C(F)(F)F)n1. The van der Waals surface area contributed by atoms with Gasteiger partial charge >= 0.3 is 12.1 Å². The first-order chi connectivity index (χ1) is 22.6. The molecule has 17 heteroatoms. The number of nitrogen functional groups attached to an aromatic ring is 1. The van der Waals surface area contributed by atoms with Crippen LogP contribution in [0.3, 0.4) is 0 Å². The van der Waals surface area contributed by atoms with Crippen LogP contribution in [0.15, 0.2) is 36.5 Å². The molecule has 6 rings (SSSR count). The third-order valence-electron chi connectivity index (χ3n) is 9.75. The van der Waals surface area contributed by atoms with Gasteiger partial charge in [0.15, 0.2) is 0 Å². The molecule has 3 aliphatic rings. The lowest BCUT2D eigenvalue weighted by Gasteiger charge is -2.39. The van der Waals surface area contributed by atoms with E-state index in [0.717, 1.165) is 5.56 Å². The number of alkyl halides is 3. The lowest BCUT2D eigenvalue weighted by atomic mass is 9.76. The van der Waals surface area contributed by atoms with Gasteiger partial charge in [-0.15, -0.1) is 0 Å². The van der Waals surface area contributed by atoms with Crippen molar-refractivity contribution in [3.05, 3.63) is 53.3 Å². The molecule has 1 aromatic carbocycles. The Balaban J connectivity index is 1.27. The summed E-state index contributed by atoms with van der Waals surface area (Å²) in [6.45, 7) is 4.00. The number of rotatable bonds is 8. The van der Waals surface area contributed by atoms with E-state index in [1.807, 2.05) is 4.90 Å². The van der Waals surface area contributed by atoms with E-state index in [-0.39, 0.29) is 34.4 Å². The van der Waals surface area contributed by atoms with Crippen molar-refractivity contribution in [3.63, 3.8) is 0 Å². The summed E-state index contributed by atoms with van der Waals surface area (Å²) in [5.74, 6) is -1.19. The number of aryl methyl sites for hydroxylation is 1. The van der Waals surface area contributed by atoms with Crippen molar-refractivity contribution < 1.29 is 36.2 Å². The molecular formula is C31H39F3N8O5S. The number of benzene rings is 1. The predicted octanol–water partition coefficient (Wildman–Crippen LogP) is 3.41. The maximum atomic E-state index is 14.9. The first-order valence-corrected chi connectivity index (χ1v) is 17.7. The lowest BCUT2D eigenvalue weighted by Crippen LogP contribution is -2.41. The summed E-state index contributed by atoms with van der Waals surface area (Å²) in [6.07, 6.45) is -1.60. The summed E-state index contributed by atoms with van der Waals surface area (Å²) in [5, 5.41) is 16.9. The predicted molar refractivity (Wildman–Crippen MR) is 170 cm³/mol. The molecular weight excluding hydrogens is 653 g/mol. The van der Waals surface area contributed by atoms with Gasteiger partial charge in [0.25, 0.3) is 0 Å². The molecule has 0 amide bonds. The average molecular weight is 693 g/mol. The first-order valence-electron chi connectivity index (χ1n) is 15.8. The zero-order valence-corrected chi connectivity index (χ0v) is 27.5. The molecule has 3 aliphatic heterocycles. The summed E-state index contributed by atoms with van der Waals surface area (Å²) in [4.78, 5) is 21.6. The van der Waals surface area contributed by atoms with Crippen LogP contribution in [-0.4, -0.2) is 94.7 Å². The van der Waals surface area contributed by atoms with Crippen LogP contribution in [-0.2, 0) is 14.8 Å². The first kappa shape index (κ1) is 33.9. The summed E-state index contributed by atoms with van der Waals surface area (Å²) in [6, 6.07) is 7.13. The van der Waals surface area contributed by atoms with Gasteiger partial charge < -0.3 is 25.8 Å². The quantitative estimate of drug-likeness (QED) is 0.316. The van der Waals surface area contributed by atoms with Crippen LogP contribution in [0.5, 0.6) is 5.88 Å². The van der Waals surface area contributed by atoms with Gasteiger partial charge in [-0.25, -0.2) is 17.4 Å². The summed E-state index contributed by atoms with van der Waals surface area (Å²) in [7, 11) is -3.33. The van der Waals surface area contributed by atoms with Gasteiger partial charge in [-0.05, 0) is 68.1 Å². The Kier molecular flexibility index (Phi) is 9.06. The molecule has 3 aromatic rings. The fourth-order valence-corrected chi connectivity index (χ4v) is 7.94. The van der Waals surface area contributed by atoms with Crippen LogP contribution >= 0.6 is 0 Å². The molecule has 13 nitrogen and oxygen atoms in total. The Morgan fingerprint density at radius 1 is 1.12 bits per heavy atom. The number of halogens is 3. The number of hydrogen-bond donors (Lipinski definition) is 3. The zero-order valence-electron chi connectivity index (χ0n) is 26.7. The summed E-state index contributed by atoms with van der Waals surface area (Å²) >= 11 is 0. The fraction of sp³-hybridized carbons (Fsp3) is 0.548. The highest BCUT2D eigenvalue weighted by molar-refractivity contribution is 7.88. The van der Waals surface area contributed by atoms with Gasteiger partial charge in [0.05, 0.1) is 17.6 Å². The number of aromatic nitrogens is 4. The molecule has 0 radical (unpaired) electrons. The number of nitrogens with one attached hydrogen (secondary N) is 1. The minimum absolute atomic E-state index is 0.0550. The number of piperidine rings is 2. The van der Waals surface area contributed by atoms with Crippen LogP contribution in [0.4, 0.5) is 24.9 Å². The minimum Gasteiger partial charge on any atom is -0.480 e. The maximum absolute atomic E-state index is 14.9. The highest BCUT2D eigenvalue weighted by atomic mass is 32.2. The van der Waals surface area contributed by atoms with Crippen LogP contribution in [0, 0.1) is 12.3 Å². The Labute approximate surface area is 276 Å². The third kappa shape index (κ3) is 7.22. The molecule has 2 aromatic heterocycles. The van der Waals surface area contributed by atoms with Gasteiger partial charge in [-0.1, -0.05) is 12.1 Å². The van der Waals surface area contributed by atoms with E-state index < -0.39 is 34.3 Å². The van der Waals surface area contributed by atoms with E-state index in [9.17, 15) is 31.5 Å². The van der Waals surface area contributed by atoms with E-state index >= 15 is 0 Å². The molecule has 2 atom stereocenters. The Morgan fingerprint density at radius 2 is 1.83 bits per heavy atom. The van der Waals surface area contributed by atoms with E-state index in [4.69, 9.17) is 10.5 Å². The Hall–Kier alpha value is -3.96. The topological polar surface area (TPSA) is 169 Å². The summed E-state index contributed by atoms with van der Waals surface area (Å²) in [5.41, 5.74) is 7.20. The number of carboxylic acids is 1. The minimum atomic E-state index is -4.85. The van der Waals surface area contributed by atoms with Crippen LogP contribution < -0.4 is 20.7 Å². The number of aliphatic carboxylic acids is 1. The number of sulfonamides is 1. The second kappa shape index (κ2) is 12.8. The molecule has 0 bridgehead atoms. The largest absolute Gasteiger partial charge is 0.480 e. The number of anilines is 2. The number of carbonyl (C=O) groups is 1. The van der Waals surface area contributed by atoms with Crippen LogP contribution in [0.25, 0.3) is 5.69 Å². The number of nitrogens with zero attached hydrogens (tertiary/aromatic N) is 6. The number of carboxylic acid groups (broad SMARTS) is 1. The van der Waals surface area contributed by atoms with Crippen LogP contribution in [0.1, 0.15) is 60.9 Å². The van der Waals surface area contributed by atoms with Crippen molar-refractivity contribution in [2.45, 2.75) is 63.3 Å². The second-order valence-electron chi connectivity index (χ2n) is 13.1. The monoisotopic (exact) mass is 692 g/mol. The number of nitrogens with two attached hydrogens (primary N) is 1. The van der Waals surface area contributed by atoms with E-state index in [1.54, 1.807) is 31.3 Å². The fourth-order valence-electron chi connectivity index (χ4n) is 7.07. The van der Waals surface area contributed by atoms with Crippen molar-refractivity contribution in [1.29, 1.82) is 0 Å². The highest BCUT2D eigenvalue weighted by Crippen LogP contribution is 2.43. The molecule has 3 fully saturated rings. The normalized spacial score (nSPS) is 21.4. The maximum Gasteiger partial charge on any atom is 0.429 e. The highest BCUT2D eigenvalue weighted by Gasteiger charge is 2.46. The smallest absolute Gasteiger partial charge is 0.429 e. The zero-order chi connectivity index (χ0) is 34.4. The molecule has 5 heterocycles. The van der Waals surface area contributed by atoms with Crippen molar-refractivity contribution in [2.75, 3.05) is 49.6 Å². The van der Waals surface area contributed by atoms with Crippen LogP contribution in [0.2, 0.25) is 0 Å². The van der Waals surface area contributed by atoms with Gasteiger partial charge in [-0.2, -0.15) is 28.2 Å². The van der Waals surface area contributed by atoms with Gasteiger partial charge in [0.1, 0.15) is 11.9 Å². The van der Waals surface area contributed by atoms with E-state index in [0.29, 0.717) is 76.3 Å². The van der Waals surface area contributed by atoms with Crippen molar-refractivity contribution in [3.8, 4) is 11.6 Å². The molecule has 48 heavy (non-hydrogen) atoms. The number of hydrogen-bond acceptors (Lipinski definition) is 10. The van der Waals surface area contributed by atoms with Crippen molar-refractivity contribution in [2.24, 2.45) is 5.41 Å². The molecule has 0 aliphatic carbocycles. The molecule has 3 saturated heterocycles. The van der Waals surface area contributed by atoms with Gasteiger partial charge in [0, 0.05) is 50.6 Å². The average Bonchev–Trinajstić information content (AvgIpc) is 3.65. The van der Waals surface area contributed by atoms with Gasteiger partial charge in [-0.3, -0.25) is 4.79 Å². The van der Waals surface area contributed by atoms with Crippen molar-refractivity contribution in [1.82, 2.24) is 29.4 Å². The van der Waals surface area contributed by atoms with E-state index in [1.165, 1.54) is 27.4 Å². The standard InChI is InChI=1S/C31H39F3N8O5S/c1-19-5-12-42(39-19)24-15-21(20-6-10-41(11-7-20)48(2,45)46)3-4-22(24)27(31(32,33)34)47-26-16-25(37-29(35)38-26)40-13-8-30(9-14-40)17-23(28(43)44)36-18-30/h3-5,12,15-16,20,23,27,36H,6-11,13-14,17-18H2,1-2H3,(H,43,44)(H2,35,37,38)/t23-,27?/m0/s1. The molecule has 0 saturated carbocycles. The molecule has 4 N–H and O–H groups in total.